The number of hydrogen-bond acceptors (Lipinski definition) is 2. The first-order valence-corrected chi connectivity index (χ1v) is 14.6. The van der Waals surface area contributed by atoms with E-state index >= 15 is 0 Å². The first-order valence-electron chi connectivity index (χ1n) is 7.43. The topological polar surface area (TPSA) is 0 Å². The van der Waals surface area contributed by atoms with Gasteiger partial charge in [0.15, 0.2) is 0 Å². The molecule has 3 rings (SSSR count). The van der Waals surface area contributed by atoms with Gasteiger partial charge in [-0.1, -0.05) is 0 Å². The summed E-state index contributed by atoms with van der Waals surface area (Å²) in [5.41, 5.74) is 0. The monoisotopic (exact) mass is 476 g/mol. The van der Waals surface area contributed by atoms with Gasteiger partial charge < -0.3 is 0 Å². The van der Waals surface area contributed by atoms with E-state index in [0.717, 1.165) is 6.42 Å². The summed E-state index contributed by atoms with van der Waals surface area (Å²) in [4.78, 5) is 1.51. The molecule has 0 saturated carbocycles. The summed E-state index contributed by atoms with van der Waals surface area (Å²) < 4.78 is 7.64. The summed E-state index contributed by atoms with van der Waals surface area (Å²) >= 11 is 8.19. The Morgan fingerprint density at radius 1 is 1.18 bits per heavy atom. The van der Waals surface area contributed by atoms with Crippen LogP contribution < -0.4 is 4.06 Å². The quantitative estimate of drug-likeness (QED) is 0.402. The molecule has 0 saturated heterocycles. The Morgan fingerprint density at radius 3 is 2.55 bits per heavy atom. The Bertz CT molecular complexity index is 776. The Hall–Kier alpha value is 0.356. The first kappa shape index (κ1) is 17.2. The third kappa shape index (κ3) is 3.13. The number of hydrogen-bond donors (Lipinski definition) is 0. The van der Waals surface area contributed by atoms with Crippen LogP contribution in [0.25, 0.3) is 9.40 Å². The van der Waals surface area contributed by atoms with E-state index in [9.17, 15) is 0 Å². The van der Waals surface area contributed by atoms with Gasteiger partial charge in [-0.25, -0.2) is 0 Å². The maximum atomic E-state index is 3.84. The summed E-state index contributed by atoms with van der Waals surface area (Å²) in [6.07, 6.45) is 1.13. The zero-order chi connectivity index (χ0) is 16.1. The molecule has 0 aliphatic carbocycles. The molecule has 0 N–H and O–H groups in total. The van der Waals surface area contributed by atoms with E-state index in [1.807, 2.05) is 22.7 Å². The molecule has 3 aromatic heterocycles. The molecule has 0 spiro atoms. The molecule has 0 atom stereocenters. The second-order valence-corrected chi connectivity index (χ2v) is 18.8. The number of thiophene rings is 2. The van der Waals surface area contributed by atoms with Crippen LogP contribution in [-0.2, 0) is 6.42 Å². The van der Waals surface area contributed by atoms with Gasteiger partial charge in [0.1, 0.15) is 0 Å². The molecule has 0 aromatic carbocycles. The first-order chi connectivity index (χ1) is 10.2. The van der Waals surface area contributed by atoms with Crippen LogP contribution in [0.4, 0.5) is 0 Å². The molecule has 0 bridgehead atoms. The molecule has 3 aromatic rings. The van der Waals surface area contributed by atoms with Gasteiger partial charge in [-0.3, -0.25) is 0 Å². The zero-order valence-electron chi connectivity index (χ0n) is 13.6. The SMILES string of the molecule is CC(C)(C)[Si](C)(C)c1cc(Br)c(Cc2cc3sccc3s2)[se]1. The van der Waals surface area contributed by atoms with Crippen molar-refractivity contribution >= 4 is 74.6 Å². The average Bonchev–Trinajstić information content (AvgIpc) is 3.04. The third-order valence-electron chi connectivity index (χ3n) is 4.77. The molecular formula is C17H21BrS2SeSi. The van der Waals surface area contributed by atoms with Crippen LogP contribution in [0, 0.1) is 0 Å². The fourth-order valence-corrected chi connectivity index (χ4v) is 13.4. The minimum atomic E-state index is -1.37. The molecule has 0 aliphatic heterocycles. The zero-order valence-corrected chi connectivity index (χ0v) is 19.6. The maximum absolute atomic E-state index is 3.84. The van der Waals surface area contributed by atoms with Crippen LogP contribution in [0.1, 0.15) is 30.1 Å². The standard InChI is InChI=1S/C17H21BrS2SeSi/c1-17(2,3)22(4,5)16-10-12(18)15(21-16)9-11-8-14-13(20-11)6-7-19-14/h6-8,10H,9H2,1-5H3. The minimum absolute atomic E-state index is 0.425. The van der Waals surface area contributed by atoms with Crippen LogP contribution in [0.15, 0.2) is 28.1 Å². The molecule has 0 amide bonds. The third-order valence-corrected chi connectivity index (χ3v) is 19.0. The Balaban J connectivity index is 1.91. The molecular weight excluding hydrogens is 455 g/mol. The fourth-order valence-electron chi connectivity index (χ4n) is 2.27. The Labute approximate surface area is 156 Å². The van der Waals surface area contributed by atoms with Crippen LogP contribution in [0.2, 0.25) is 18.1 Å². The van der Waals surface area contributed by atoms with Gasteiger partial charge >= 0.3 is 157 Å². The van der Waals surface area contributed by atoms with Gasteiger partial charge in [0, 0.05) is 0 Å². The van der Waals surface area contributed by atoms with E-state index < -0.39 is 8.07 Å². The van der Waals surface area contributed by atoms with E-state index in [2.05, 4.69) is 73.4 Å². The van der Waals surface area contributed by atoms with Gasteiger partial charge in [-0.15, -0.1) is 0 Å². The van der Waals surface area contributed by atoms with Gasteiger partial charge in [0.2, 0.25) is 0 Å². The van der Waals surface area contributed by atoms with Crippen molar-refractivity contribution < 1.29 is 0 Å². The molecule has 118 valence electrons. The van der Waals surface area contributed by atoms with Gasteiger partial charge in [0.05, 0.1) is 0 Å². The van der Waals surface area contributed by atoms with Crippen molar-refractivity contribution in [3.63, 3.8) is 0 Å². The molecule has 0 fully saturated rings. The van der Waals surface area contributed by atoms with Gasteiger partial charge in [-0.05, 0) is 0 Å². The second kappa shape index (κ2) is 6.02. The van der Waals surface area contributed by atoms with Crippen molar-refractivity contribution in [2.24, 2.45) is 0 Å². The van der Waals surface area contributed by atoms with Gasteiger partial charge in [0.25, 0.3) is 0 Å². The van der Waals surface area contributed by atoms with Crippen LogP contribution in [0.5, 0.6) is 0 Å². The second-order valence-electron chi connectivity index (χ2n) is 7.30. The number of halogens is 1. The molecule has 3 heterocycles. The van der Waals surface area contributed by atoms with Crippen molar-refractivity contribution in [2.45, 2.75) is 45.3 Å². The van der Waals surface area contributed by atoms with Crippen LogP contribution in [0.3, 0.4) is 0 Å². The molecule has 0 nitrogen and oxygen atoms in total. The molecule has 0 radical (unpaired) electrons. The summed E-state index contributed by atoms with van der Waals surface area (Å²) in [6, 6.07) is 7.10. The predicted molar refractivity (Wildman–Crippen MR) is 110 cm³/mol. The van der Waals surface area contributed by atoms with E-state index in [1.54, 1.807) is 8.50 Å². The van der Waals surface area contributed by atoms with Crippen LogP contribution in [-0.4, -0.2) is 22.6 Å². The van der Waals surface area contributed by atoms with Gasteiger partial charge in [-0.2, -0.15) is 0 Å². The van der Waals surface area contributed by atoms with Crippen LogP contribution >= 0.6 is 38.6 Å². The molecule has 22 heavy (non-hydrogen) atoms. The molecule has 0 unspecified atom stereocenters. The van der Waals surface area contributed by atoms with E-state index in [-0.39, 0.29) is 0 Å². The number of rotatable bonds is 3. The van der Waals surface area contributed by atoms with Crippen molar-refractivity contribution in [1.82, 2.24) is 0 Å². The summed E-state index contributed by atoms with van der Waals surface area (Å²) in [7, 11) is -1.37. The van der Waals surface area contributed by atoms with Crippen molar-refractivity contribution in [1.29, 1.82) is 0 Å². The van der Waals surface area contributed by atoms with Crippen molar-refractivity contribution in [3.05, 3.63) is 37.4 Å². The van der Waals surface area contributed by atoms with Crippen molar-refractivity contribution in [2.75, 3.05) is 0 Å². The Morgan fingerprint density at radius 2 is 1.91 bits per heavy atom. The Kier molecular flexibility index (Phi) is 4.70. The number of fused-ring (bicyclic) bond motifs is 1. The van der Waals surface area contributed by atoms with Crippen molar-refractivity contribution in [3.8, 4) is 0 Å². The summed E-state index contributed by atoms with van der Waals surface area (Å²) in [6.45, 7) is 12.3. The normalized spacial score (nSPS) is 13.2. The summed E-state index contributed by atoms with van der Waals surface area (Å²) in [5, 5.41) is 2.62. The van der Waals surface area contributed by atoms with E-state index in [4.69, 9.17) is 0 Å². The fraction of sp³-hybridized carbons (Fsp3) is 0.412. The molecule has 5 heteroatoms. The van der Waals surface area contributed by atoms with E-state index in [0.29, 0.717) is 19.5 Å². The average molecular weight is 476 g/mol. The summed E-state index contributed by atoms with van der Waals surface area (Å²) in [5.74, 6) is 0. The van der Waals surface area contributed by atoms with E-state index in [1.165, 1.54) is 18.7 Å². The molecule has 0 aliphatic rings. The predicted octanol–water partition coefficient (Wildman–Crippen LogP) is 6.09.